The van der Waals surface area contributed by atoms with E-state index in [4.69, 9.17) is 23.2 Å². The quantitative estimate of drug-likeness (QED) is 0.655. The number of amides is 1. The average molecular weight is 373 g/mol. The lowest BCUT2D eigenvalue weighted by atomic mass is 10.2. The zero-order chi connectivity index (χ0) is 14.5. The van der Waals surface area contributed by atoms with E-state index in [1.54, 1.807) is 30.5 Å². The van der Waals surface area contributed by atoms with Crippen LogP contribution >= 0.6 is 39.1 Å². The molecule has 1 N–H and O–H groups in total. The van der Waals surface area contributed by atoms with Gasteiger partial charge in [-0.1, -0.05) is 29.3 Å². The first-order valence-corrected chi connectivity index (χ1v) is 7.01. The summed E-state index contributed by atoms with van der Waals surface area (Å²) in [6.07, 6.45) is 4.43. The third-order valence-electron chi connectivity index (χ3n) is 2.33. The molecule has 1 amide bonds. The van der Waals surface area contributed by atoms with E-state index in [0.717, 1.165) is 0 Å². The standard InChI is InChI=1S/C13H8BrCl2N3O/c14-9-4-8(5-17-6-9)13(20)19-18-7-10-11(15)2-1-3-12(10)16/h1-7H,(H,19,20). The van der Waals surface area contributed by atoms with Gasteiger partial charge in [-0.3, -0.25) is 9.78 Å². The molecule has 0 saturated carbocycles. The van der Waals surface area contributed by atoms with E-state index in [0.29, 0.717) is 25.6 Å². The number of halogens is 3. The Morgan fingerprint density at radius 1 is 1.30 bits per heavy atom. The molecule has 0 saturated heterocycles. The summed E-state index contributed by atoms with van der Waals surface area (Å²) < 4.78 is 0.711. The van der Waals surface area contributed by atoms with Crippen LogP contribution in [0.4, 0.5) is 0 Å². The smallest absolute Gasteiger partial charge is 0.267 e. The second kappa shape index (κ2) is 6.83. The molecule has 0 fully saturated rings. The largest absolute Gasteiger partial charge is 0.272 e. The van der Waals surface area contributed by atoms with Crippen LogP contribution in [0.1, 0.15) is 15.9 Å². The van der Waals surface area contributed by atoms with Gasteiger partial charge >= 0.3 is 0 Å². The van der Waals surface area contributed by atoms with Crippen LogP contribution in [-0.2, 0) is 0 Å². The molecule has 4 nitrogen and oxygen atoms in total. The van der Waals surface area contributed by atoms with Gasteiger partial charge in [-0.05, 0) is 34.1 Å². The van der Waals surface area contributed by atoms with Crippen molar-refractivity contribution >= 4 is 51.3 Å². The Hall–Kier alpha value is -1.43. The molecule has 20 heavy (non-hydrogen) atoms. The predicted molar refractivity (Wildman–Crippen MR) is 83.5 cm³/mol. The Kier molecular flexibility index (Phi) is 5.11. The highest BCUT2D eigenvalue weighted by molar-refractivity contribution is 9.10. The first kappa shape index (κ1) is 15.0. The first-order chi connectivity index (χ1) is 9.58. The minimum Gasteiger partial charge on any atom is -0.267 e. The molecule has 1 aromatic heterocycles. The maximum Gasteiger partial charge on any atom is 0.272 e. The highest BCUT2D eigenvalue weighted by atomic mass is 79.9. The van der Waals surface area contributed by atoms with Gasteiger partial charge in [0.1, 0.15) is 0 Å². The summed E-state index contributed by atoms with van der Waals surface area (Å²) in [7, 11) is 0. The Bertz CT molecular complexity index is 656. The molecule has 0 aliphatic rings. The second-order valence-electron chi connectivity index (χ2n) is 3.73. The fourth-order valence-corrected chi connectivity index (χ4v) is 2.25. The van der Waals surface area contributed by atoms with Crippen molar-refractivity contribution in [3.8, 4) is 0 Å². The summed E-state index contributed by atoms with van der Waals surface area (Å²) in [4.78, 5) is 15.7. The molecule has 2 rings (SSSR count). The van der Waals surface area contributed by atoms with Crippen molar-refractivity contribution in [3.05, 3.63) is 62.3 Å². The van der Waals surface area contributed by atoms with Crippen LogP contribution in [0.3, 0.4) is 0 Å². The van der Waals surface area contributed by atoms with Crippen LogP contribution in [0.2, 0.25) is 10.0 Å². The molecule has 0 unspecified atom stereocenters. The highest BCUT2D eigenvalue weighted by Gasteiger charge is 2.06. The molecule has 1 heterocycles. The maximum atomic E-state index is 11.8. The molecule has 0 spiro atoms. The van der Waals surface area contributed by atoms with Crippen LogP contribution in [0.15, 0.2) is 46.2 Å². The Morgan fingerprint density at radius 3 is 2.65 bits per heavy atom. The number of aromatic nitrogens is 1. The van der Waals surface area contributed by atoms with Crippen LogP contribution in [0, 0.1) is 0 Å². The summed E-state index contributed by atoms with van der Waals surface area (Å²) >= 11 is 15.2. The lowest BCUT2D eigenvalue weighted by molar-refractivity contribution is 0.0954. The van der Waals surface area contributed by atoms with E-state index in [1.165, 1.54) is 12.4 Å². The number of hydrogen-bond acceptors (Lipinski definition) is 3. The van der Waals surface area contributed by atoms with Crippen LogP contribution in [0.5, 0.6) is 0 Å². The molecule has 2 aromatic rings. The van der Waals surface area contributed by atoms with Crippen LogP contribution in [0.25, 0.3) is 0 Å². The summed E-state index contributed by atoms with van der Waals surface area (Å²) in [5.74, 6) is -0.377. The van der Waals surface area contributed by atoms with Crippen LogP contribution < -0.4 is 5.43 Å². The second-order valence-corrected chi connectivity index (χ2v) is 5.46. The van der Waals surface area contributed by atoms with Crippen LogP contribution in [-0.4, -0.2) is 17.1 Å². The molecule has 0 radical (unpaired) electrons. The van der Waals surface area contributed by atoms with Crippen molar-refractivity contribution in [1.82, 2.24) is 10.4 Å². The van der Waals surface area contributed by atoms with Crippen molar-refractivity contribution in [2.24, 2.45) is 5.10 Å². The van der Waals surface area contributed by atoms with Crippen molar-refractivity contribution in [1.29, 1.82) is 0 Å². The Labute approximate surface area is 133 Å². The van der Waals surface area contributed by atoms with E-state index in [9.17, 15) is 4.79 Å². The summed E-state index contributed by atoms with van der Waals surface area (Å²) in [5.41, 5.74) is 3.32. The van der Waals surface area contributed by atoms with Gasteiger partial charge < -0.3 is 0 Å². The predicted octanol–water partition coefficient (Wildman–Crippen LogP) is 3.91. The molecule has 0 bridgehead atoms. The molecule has 0 atom stereocenters. The van der Waals surface area contributed by atoms with Crippen molar-refractivity contribution in [2.45, 2.75) is 0 Å². The molecule has 0 aliphatic carbocycles. The first-order valence-electron chi connectivity index (χ1n) is 5.46. The maximum absolute atomic E-state index is 11.8. The van der Waals surface area contributed by atoms with Gasteiger partial charge in [0.05, 0.1) is 21.8 Å². The van der Waals surface area contributed by atoms with E-state index >= 15 is 0 Å². The zero-order valence-corrected chi connectivity index (χ0v) is 13.1. The monoisotopic (exact) mass is 371 g/mol. The summed E-state index contributed by atoms with van der Waals surface area (Å²) in [5, 5.41) is 4.75. The van der Waals surface area contributed by atoms with Gasteiger partial charge in [0.15, 0.2) is 0 Å². The van der Waals surface area contributed by atoms with Crippen molar-refractivity contribution in [3.63, 3.8) is 0 Å². The number of rotatable bonds is 3. The number of carbonyl (C=O) groups is 1. The van der Waals surface area contributed by atoms with Gasteiger partial charge in [-0.15, -0.1) is 0 Å². The van der Waals surface area contributed by atoms with Crippen molar-refractivity contribution in [2.75, 3.05) is 0 Å². The Morgan fingerprint density at radius 2 is 2.00 bits per heavy atom. The average Bonchev–Trinajstić information content (AvgIpc) is 2.42. The summed E-state index contributed by atoms with van der Waals surface area (Å²) in [6, 6.07) is 6.75. The minimum absolute atomic E-state index is 0.377. The number of hydrogen-bond donors (Lipinski definition) is 1. The molecule has 7 heteroatoms. The Balaban J connectivity index is 2.09. The summed E-state index contributed by atoms with van der Waals surface area (Å²) in [6.45, 7) is 0. The fraction of sp³-hybridized carbons (Fsp3) is 0. The van der Waals surface area contributed by atoms with E-state index in [1.807, 2.05) is 0 Å². The van der Waals surface area contributed by atoms with Gasteiger partial charge in [0.2, 0.25) is 0 Å². The number of benzene rings is 1. The fourth-order valence-electron chi connectivity index (χ4n) is 1.39. The molecule has 0 aliphatic heterocycles. The number of carbonyl (C=O) groups excluding carboxylic acids is 1. The van der Waals surface area contributed by atoms with Crippen molar-refractivity contribution < 1.29 is 4.79 Å². The van der Waals surface area contributed by atoms with Gasteiger partial charge in [0, 0.05) is 22.4 Å². The van der Waals surface area contributed by atoms with E-state index in [-0.39, 0.29) is 5.91 Å². The minimum atomic E-state index is -0.377. The number of hydrazone groups is 1. The lowest BCUT2D eigenvalue weighted by Crippen LogP contribution is -2.17. The third kappa shape index (κ3) is 3.79. The molecular weight excluding hydrogens is 365 g/mol. The SMILES string of the molecule is O=C(NN=Cc1c(Cl)cccc1Cl)c1cncc(Br)c1. The topological polar surface area (TPSA) is 54.4 Å². The van der Waals surface area contributed by atoms with E-state index in [2.05, 4.69) is 31.4 Å². The molecule has 1 aromatic carbocycles. The number of pyridine rings is 1. The van der Waals surface area contributed by atoms with Gasteiger partial charge in [-0.2, -0.15) is 5.10 Å². The van der Waals surface area contributed by atoms with Gasteiger partial charge in [-0.25, -0.2) is 5.43 Å². The normalized spacial score (nSPS) is 10.8. The zero-order valence-electron chi connectivity index (χ0n) is 9.98. The number of nitrogens with one attached hydrogen (secondary N) is 1. The van der Waals surface area contributed by atoms with E-state index < -0.39 is 0 Å². The highest BCUT2D eigenvalue weighted by Crippen LogP contribution is 2.22. The molecule has 102 valence electrons. The third-order valence-corrected chi connectivity index (χ3v) is 3.42. The van der Waals surface area contributed by atoms with Gasteiger partial charge in [0.25, 0.3) is 5.91 Å². The molecular formula is C13H8BrCl2N3O. The lowest BCUT2D eigenvalue weighted by Gasteiger charge is -2.02. The number of nitrogens with zero attached hydrogens (tertiary/aromatic N) is 2.